The Morgan fingerprint density at radius 2 is 1.93 bits per heavy atom. The van der Waals surface area contributed by atoms with Crippen molar-refractivity contribution in [3.05, 3.63) is 34.3 Å². The van der Waals surface area contributed by atoms with Crippen molar-refractivity contribution in [3.8, 4) is 0 Å². The summed E-state index contributed by atoms with van der Waals surface area (Å²) in [5.41, 5.74) is 2.40. The lowest BCUT2D eigenvalue weighted by molar-refractivity contribution is 0.241. The van der Waals surface area contributed by atoms with E-state index >= 15 is 0 Å². The van der Waals surface area contributed by atoms with E-state index in [1.54, 1.807) is 11.3 Å². The minimum Gasteiger partial charge on any atom is -0.361 e. The molecule has 0 N–H and O–H groups in total. The van der Waals surface area contributed by atoms with Gasteiger partial charge in [0, 0.05) is 38.8 Å². The highest BCUT2D eigenvalue weighted by Gasteiger charge is 2.23. The minimum atomic E-state index is 0.625. The number of aryl methyl sites for hydroxylation is 2. The molecule has 3 aromatic heterocycles. The zero-order valence-electron chi connectivity index (χ0n) is 16.5. The second kappa shape index (κ2) is 7.56. The van der Waals surface area contributed by atoms with Gasteiger partial charge in [0.25, 0.3) is 0 Å². The predicted molar refractivity (Wildman–Crippen MR) is 109 cm³/mol. The Morgan fingerprint density at radius 3 is 2.59 bits per heavy atom. The van der Waals surface area contributed by atoms with Crippen molar-refractivity contribution in [2.75, 3.05) is 31.1 Å². The number of hydrogen-bond acceptors (Lipinski definition) is 7. The number of hydrogen-bond donors (Lipinski definition) is 0. The maximum absolute atomic E-state index is 5.19. The molecule has 1 aliphatic rings. The van der Waals surface area contributed by atoms with Gasteiger partial charge < -0.3 is 9.42 Å². The average Bonchev–Trinajstić information content (AvgIpc) is 3.21. The SMILES string of the molecule is Cc1nc(N2CCN(Cc3cc(C)on3)CC2)c2c(CC(C)C)csc2n1. The summed E-state index contributed by atoms with van der Waals surface area (Å²) in [6.07, 6.45) is 1.07. The van der Waals surface area contributed by atoms with Crippen LogP contribution in [0.4, 0.5) is 5.82 Å². The van der Waals surface area contributed by atoms with Crippen LogP contribution >= 0.6 is 11.3 Å². The van der Waals surface area contributed by atoms with E-state index in [-0.39, 0.29) is 0 Å². The summed E-state index contributed by atoms with van der Waals surface area (Å²) in [5, 5.41) is 7.66. The zero-order valence-corrected chi connectivity index (χ0v) is 17.3. The minimum absolute atomic E-state index is 0.625. The molecule has 3 aromatic rings. The van der Waals surface area contributed by atoms with Crippen LogP contribution in [0.25, 0.3) is 10.2 Å². The molecule has 0 spiro atoms. The topological polar surface area (TPSA) is 58.3 Å². The van der Waals surface area contributed by atoms with Crippen molar-refractivity contribution in [3.63, 3.8) is 0 Å². The molecule has 0 amide bonds. The van der Waals surface area contributed by atoms with Gasteiger partial charge in [0.2, 0.25) is 0 Å². The van der Waals surface area contributed by atoms with Crippen LogP contribution in [0.5, 0.6) is 0 Å². The van der Waals surface area contributed by atoms with E-state index in [0.717, 1.165) is 67.1 Å². The Hall–Kier alpha value is -1.99. The third kappa shape index (κ3) is 3.99. The lowest BCUT2D eigenvalue weighted by Gasteiger charge is -2.35. The van der Waals surface area contributed by atoms with Crippen LogP contribution in [-0.2, 0) is 13.0 Å². The number of fused-ring (bicyclic) bond motifs is 1. The molecule has 4 heterocycles. The number of anilines is 1. The van der Waals surface area contributed by atoms with Crippen molar-refractivity contribution in [1.82, 2.24) is 20.0 Å². The summed E-state index contributed by atoms with van der Waals surface area (Å²) in [4.78, 5) is 15.5. The van der Waals surface area contributed by atoms with E-state index in [1.165, 1.54) is 10.9 Å². The van der Waals surface area contributed by atoms with Gasteiger partial charge in [0.1, 0.15) is 22.2 Å². The van der Waals surface area contributed by atoms with Crippen molar-refractivity contribution in [2.24, 2.45) is 5.92 Å². The third-order valence-corrected chi connectivity index (χ3v) is 5.89. The van der Waals surface area contributed by atoms with Gasteiger partial charge in [-0.15, -0.1) is 11.3 Å². The van der Waals surface area contributed by atoms with Gasteiger partial charge in [-0.2, -0.15) is 0 Å². The highest BCUT2D eigenvalue weighted by atomic mass is 32.1. The van der Waals surface area contributed by atoms with Gasteiger partial charge in [-0.1, -0.05) is 19.0 Å². The Morgan fingerprint density at radius 1 is 1.15 bits per heavy atom. The van der Waals surface area contributed by atoms with Crippen LogP contribution in [-0.4, -0.2) is 46.2 Å². The number of nitrogens with zero attached hydrogens (tertiary/aromatic N) is 5. The molecule has 0 radical (unpaired) electrons. The Bertz CT molecular complexity index is 924. The Kier molecular flexibility index (Phi) is 5.14. The van der Waals surface area contributed by atoms with E-state index in [9.17, 15) is 0 Å². The van der Waals surface area contributed by atoms with Gasteiger partial charge in [-0.05, 0) is 37.1 Å². The molecule has 144 valence electrons. The largest absolute Gasteiger partial charge is 0.361 e. The van der Waals surface area contributed by atoms with Crippen molar-refractivity contribution < 1.29 is 4.52 Å². The number of rotatable bonds is 5. The fourth-order valence-corrected chi connectivity index (χ4v) is 4.74. The zero-order chi connectivity index (χ0) is 19.0. The second-order valence-electron chi connectivity index (χ2n) is 7.83. The highest BCUT2D eigenvalue weighted by Crippen LogP contribution is 2.34. The molecule has 1 saturated heterocycles. The molecule has 0 unspecified atom stereocenters. The van der Waals surface area contributed by atoms with Crippen LogP contribution in [0.15, 0.2) is 16.0 Å². The first-order valence-corrected chi connectivity index (χ1v) is 10.5. The van der Waals surface area contributed by atoms with E-state index in [2.05, 4.69) is 39.2 Å². The molecule has 1 aliphatic heterocycles. The first kappa shape index (κ1) is 18.4. The van der Waals surface area contributed by atoms with Gasteiger partial charge in [0.05, 0.1) is 11.1 Å². The highest BCUT2D eigenvalue weighted by molar-refractivity contribution is 7.17. The van der Waals surface area contributed by atoms with Crippen molar-refractivity contribution in [1.29, 1.82) is 0 Å². The summed E-state index contributed by atoms with van der Waals surface area (Å²) in [7, 11) is 0. The lowest BCUT2D eigenvalue weighted by Crippen LogP contribution is -2.46. The van der Waals surface area contributed by atoms with Crippen LogP contribution in [0.1, 0.15) is 36.7 Å². The summed E-state index contributed by atoms with van der Waals surface area (Å²) in [6, 6.07) is 2.02. The summed E-state index contributed by atoms with van der Waals surface area (Å²) in [5.74, 6) is 3.47. The van der Waals surface area contributed by atoms with Crippen LogP contribution in [0.2, 0.25) is 0 Å². The molecule has 4 rings (SSSR count). The molecule has 0 bridgehead atoms. The van der Waals surface area contributed by atoms with Crippen molar-refractivity contribution in [2.45, 2.75) is 40.7 Å². The van der Waals surface area contributed by atoms with Crippen molar-refractivity contribution >= 4 is 27.4 Å². The van der Waals surface area contributed by atoms with Crippen LogP contribution in [0.3, 0.4) is 0 Å². The summed E-state index contributed by atoms with van der Waals surface area (Å²) in [6.45, 7) is 13.3. The molecule has 7 heteroatoms. The quantitative estimate of drug-likeness (QED) is 0.665. The molecule has 0 atom stereocenters. The van der Waals surface area contributed by atoms with E-state index in [0.29, 0.717) is 5.92 Å². The predicted octanol–water partition coefficient (Wildman–Crippen LogP) is 3.82. The summed E-state index contributed by atoms with van der Waals surface area (Å²) < 4.78 is 5.19. The molecule has 0 aromatic carbocycles. The standard InChI is InChI=1S/C20H27N5OS/c1-13(2)9-16-12-27-20-18(16)19(21-15(4)22-20)25-7-5-24(6-8-25)11-17-10-14(3)26-23-17/h10,12-13H,5-9,11H2,1-4H3. The molecule has 27 heavy (non-hydrogen) atoms. The van der Waals surface area contributed by atoms with E-state index < -0.39 is 0 Å². The van der Waals surface area contributed by atoms with Gasteiger partial charge in [-0.25, -0.2) is 9.97 Å². The van der Waals surface area contributed by atoms with E-state index in [4.69, 9.17) is 9.51 Å². The molecule has 0 aliphatic carbocycles. The van der Waals surface area contributed by atoms with E-state index in [1.807, 2.05) is 19.9 Å². The number of thiophene rings is 1. The van der Waals surface area contributed by atoms with Gasteiger partial charge in [-0.3, -0.25) is 4.90 Å². The van der Waals surface area contributed by atoms with Gasteiger partial charge in [0.15, 0.2) is 0 Å². The first-order chi connectivity index (χ1) is 13.0. The first-order valence-electron chi connectivity index (χ1n) is 9.64. The smallest absolute Gasteiger partial charge is 0.141 e. The number of piperazine rings is 1. The third-order valence-electron chi connectivity index (χ3n) is 4.96. The fraction of sp³-hybridized carbons (Fsp3) is 0.550. The monoisotopic (exact) mass is 385 g/mol. The average molecular weight is 386 g/mol. The molecule has 1 fully saturated rings. The second-order valence-corrected chi connectivity index (χ2v) is 8.68. The maximum atomic E-state index is 5.19. The van der Waals surface area contributed by atoms with Gasteiger partial charge >= 0.3 is 0 Å². The van der Waals surface area contributed by atoms with Crippen LogP contribution < -0.4 is 4.90 Å². The normalized spacial score (nSPS) is 16.0. The molecule has 0 saturated carbocycles. The summed E-state index contributed by atoms with van der Waals surface area (Å²) >= 11 is 1.75. The molecule has 6 nitrogen and oxygen atoms in total. The number of aromatic nitrogens is 3. The fourth-order valence-electron chi connectivity index (χ4n) is 3.74. The Balaban J connectivity index is 1.53. The maximum Gasteiger partial charge on any atom is 0.141 e. The Labute approximate surface area is 164 Å². The molecular weight excluding hydrogens is 358 g/mol. The van der Waals surface area contributed by atoms with Crippen LogP contribution in [0, 0.1) is 19.8 Å². The lowest BCUT2D eigenvalue weighted by atomic mass is 10.0. The molecular formula is C20H27N5OS.